The number of nitrogens with one attached hydrogen (secondary N) is 2. The number of ether oxygens (including phenoxy) is 1. The number of anilines is 2. The molecule has 2 aromatic carbocycles. The highest BCUT2D eigenvalue weighted by Gasteiger charge is 2.08. The van der Waals surface area contributed by atoms with Gasteiger partial charge in [-0.1, -0.05) is 17.7 Å². The normalized spacial score (nSPS) is 10.5. The Morgan fingerprint density at radius 2 is 1.69 bits per heavy atom. The lowest BCUT2D eigenvalue weighted by Gasteiger charge is -2.12. The van der Waals surface area contributed by atoms with Gasteiger partial charge in [0, 0.05) is 16.4 Å². The van der Waals surface area contributed by atoms with Crippen LogP contribution >= 0.6 is 11.6 Å². The van der Waals surface area contributed by atoms with Crippen LogP contribution in [0.5, 0.6) is 5.75 Å². The van der Waals surface area contributed by atoms with E-state index in [4.69, 9.17) is 16.3 Å². The van der Waals surface area contributed by atoms with Crippen LogP contribution in [0.2, 0.25) is 5.02 Å². The maximum atomic E-state index is 12.1. The second-order valence-electron chi connectivity index (χ2n) is 6.11. The third-order valence-corrected chi connectivity index (χ3v) is 3.62. The molecule has 0 aliphatic rings. The average molecular weight is 376 g/mol. The Bertz CT molecular complexity index is 793. The Kier molecular flexibility index (Phi) is 7.00. The smallest absolute Gasteiger partial charge is 0.262 e. The molecule has 2 rings (SSSR count). The van der Waals surface area contributed by atoms with Gasteiger partial charge in [0.1, 0.15) is 5.75 Å². The van der Waals surface area contributed by atoms with Gasteiger partial charge in [-0.15, -0.1) is 0 Å². The summed E-state index contributed by atoms with van der Waals surface area (Å²) in [5.41, 5.74) is 2.05. The molecular weight excluding hydrogens is 354 g/mol. The van der Waals surface area contributed by atoms with Gasteiger partial charge >= 0.3 is 0 Å². The summed E-state index contributed by atoms with van der Waals surface area (Å²) in [5.74, 6) is 0.186. The summed E-state index contributed by atoms with van der Waals surface area (Å²) in [6, 6.07) is 12.2. The summed E-state index contributed by atoms with van der Waals surface area (Å²) in [6.07, 6.45) is 0. The molecule has 0 atom stereocenters. The fraction of sp³-hybridized carbons (Fsp3) is 0.263. The summed E-state index contributed by atoms with van der Waals surface area (Å²) in [4.78, 5) is 25.7. The summed E-state index contributed by atoms with van der Waals surface area (Å²) >= 11 is 5.90. The van der Waals surface area contributed by atoms with Crippen LogP contribution in [0.4, 0.5) is 11.4 Å². The third kappa shape index (κ3) is 6.38. The highest BCUT2D eigenvalue weighted by atomic mass is 35.5. The first-order chi connectivity index (χ1) is 12.3. The predicted molar refractivity (Wildman–Crippen MR) is 104 cm³/mol. The molecule has 0 bridgehead atoms. The van der Waals surface area contributed by atoms with Crippen molar-refractivity contribution in [2.75, 3.05) is 37.9 Å². The molecule has 6 nitrogen and oxygen atoms in total. The van der Waals surface area contributed by atoms with E-state index in [1.807, 2.05) is 21.0 Å². The van der Waals surface area contributed by atoms with Crippen LogP contribution in [0.25, 0.3) is 0 Å². The minimum absolute atomic E-state index is 0.125. The average Bonchev–Trinajstić information content (AvgIpc) is 2.53. The molecule has 0 spiro atoms. The predicted octanol–water partition coefficient (Wildman–Crippen LogP) is 3.17. The van der Waals surface area contributed by atoms with Crippen LogP contribution in [0, 0.1) is 6.92 Å². The second kappa shape index (κ2) is 9.22. The molecule has 0 saturated carbocycles. The zero-order valence-corrected chi connectivity index (χ0v) is 15.8. The van der Waals surface area contributed by atoms with Crippen LogP contribution in [-0.2, 0) is 9.59 Å². The van der Waals surface area contributed by atoms with Crippen LogP contribution < -0.4 is 15.4 Å². The van der Waals surface area contributed by atoms with E-state index < -0.39 is 0 Å². The molecule has 0 aliphatic heterocycles. The monoisotopic (exact) mass is 375 g/mol. The van der Waals surface area contributed by atoms with E-state index in [1.165, 1.54) is 0 Å². The Labute approximate surface area is 158 Å². The van der Waals surface area contributed by atoms with Crippen molar-refractivity contribution < 1.29 is 14.3 Å². The van der Waals surface area contributed by atoms with Crippen LogP contribution in [0.1, 0.15) is 5.56 Å². The summed E-state index contributed by atoms with van der Waals surface area (Å²) in [5, 5.41) is 6.15. The molecule has 138 valence electrons. The topological polar surface area (TPSA) is 70.7 Å². The van der Waals surface area contributed by atoms with E-state index in [-0.39, 0.29) is 25.0 Å². The number of benzene rings is 2. The van der Waals surface area contributed by atoms with Gasteiger partial charge in [-0.2, -0.15) is 0 Å². The molecule has 0 unspecified atom stereocenters. The quantitative estimate of drug-likeness (QED) is 0.779. The molecule has 0 saturated heterocycles. The number of hydrogen-bond acceptors (Lipinski definition) is 4. The number of halogens is 1. The number of rotatable bonds is 7. The van der Waals surface area contributed by atoms with Gasteiger partial charge in [-0.3, -0.25) is 9.59 Å². The number of carbonyl (C=O) groups excluding carboxylic acids is 2. The number of aryl methyl sites for hydroxylation is 1. The molecule has 0 radical (unpaired) electrons. The van der Waals surface area contributed by atoms with Gasteiger partial charge in [0.05, 0.1) is 6.54 Å². The lowest BCUT2D eigenvalue weighted by molar-refractivity contribution is -0.118. The van der Waals surface area contributed by atoms with Crippen molar-refractivity contribution in [3.05, 3.63) is 53.1 Å². The van der Waals surface area contributed by atoms with Crippen LogP contribution in [-0.4, -0.2) is 44.0 Å². The zero-order valence-electron chi connectivity index (χ0n) is 15.0. The first-order valence-electron chi connectivity index (χ1n) is 8.07. The summed E-state index contributed by atoms with van der Waals surface area (Å²) in [6.45, 7) is 2.02. The third-order valence-electron chi connectivity index (χ3n) is 3.39. The van der Waals surface area contributed by atoms with Gasteiger partial charge in [0.25, 0.3) is 5.91 Å². The van der Waals surface area contributed by atoms with E-state index in [2.05, 4.69) is 10.6 Å². The summed E-state index contributed by atoms with van der Waals surface area (Å²) < 4.78 is 5.52. The summed E-state index contributed by atoms with van der Waals surface area (Å²) in [7, 11) is 3.64. The maximum absolute atomic E-state index is 12.1. The van der Waals surface area contributed by atoms with Crippen molar-refractivity contribution in [2.24, 2.45) is 0 Å². The number of likely N-dealkylation sites (N-methyl/N-ethyl adjacent to an activating group) is 1. The Morgan fingerprint density at radius 3 is 2.31 bits per heavy atom. The van der Waals surface area contributed by atoms with Gasteiger partial charge in [-0.05, 0) is 63.0 Å². The molecular formula is C19H22ClN3O3. The van der Waals surface area contributed by atoms with Crippen molar-refractivity contribution in [1.82, 2.24) is 4.90 Å². The van der Waals surface area contributed by atoms with E-state index in [1.54, 1.807) is 47.4 Å². The molecule has 2 amide bonds. The molecule has 0 aliphatic carbocycles. The van der Waals surface area contributed by atoms with Crippen molar-refractivity contribution >= 4 is 34.8 Å². The molecule has 0 fully saturated rings. The highest BCUT2D eigenvalue weighted by molar-refractivity contribution is 6.30. The number of hydrogen-bond donors (Lipinski definition) is 2. The number of nitrogens with zero attached hydrogens (tertiary/aromatic N) is 1. The van der Waals surface area contributed by atoms with Gasteiger partial charge in [-0.25, -0.2) is 0 Å². The first kappa shape index (κ1) is 19.8. The van der Waals surface area contributed by atoms with Crippen LogP contribution in [0.3, 0.4) is 0 Å². The van der Waals surface area contributed by atoms with E-state index in [0.717, 1.165) is 5.56 Å². The van der Waals surface area contributed by atoms with E-state index in [9.17, 15) is 9.59 Å². The lowest BCUT2D eigenvalue weighted by atomic mass is 10.2. The fourth-order valence-electron chi connectivity index (χ4n) is 2.28. The minimum Gasteiger partial charge on any atom is -0.483 e. The zero-order chi connectivity index (χ0) is 19.1. The highest BCUT2D eigenvalue weighted by Crippen LogP contribution is 2.22. The first-order valence-corrected chi connectivity index (χ1v) is 8.45. The van der Waals surface area contributed by atoms with Gasteiger partial charge < -0.3 is 20.3 Å². The molecule has 2 aromatic rings. The Hall–Kier alpha value is -2.57. The number of amides is 2. The van der Waals surface area contributed by atoms with Crippen molar-refractivity contribution in [1.29, 1.82) is 0 Å². The molecule has 26 heavy (non-hydrogen) atoms. The maximum Gasteiger partial charge on any atom is 0.262 e. The Morgan fingerprint density at radius 1 is 1.04 bits per heavy atom. The molecule has 2 N–H and O–H groups in total. The largest absolute Gasteiger partial charge is 0.483 e. The minimum atomic E-state index is -0.295. The van der Waals surface area contributed by atoms with Crippen molar-refractivity contribution in [2.45, 2.75) is 6.92 Å². The lowest BCUT2D eigenvalue weighted by Crippen LogP contribution is -2.27. The van der Waals surface area contributed by atoms with Crippen LogP contribution in [0.15, 0.2) is 42.5 Å². The molecule has 0 aromatic heterocycles. The van der Waals surface area contributed by atoms with Gasteiger partial charge in [0.15, 0.2) is 6.61 Å². The standard InChI is InChI=1S/C19H22ClN3O3/c1-13-9-14(20)7-8-17(13)26-12-19(25)22-16-6-4-5-15(10-16)21-18(24)11-23(2)3/h4-10H,11-12H2,1-3H3,(H,21,24)(H,22,25). The fourth-order valence-corrected chi connectivity index (χ4v) is 2.50. The van der Waals surface area contributed by atoms with Crippen molar-refractivity contribution in [3.8, 4) is 5.75 Å². The molecule has 7 heteroatoms. The van der Waals surface area contributed by atoms with E-state index in [0.29, 0.717) is 22.1 Å². The SMILES string of the molecule is Cc1cc(Cl)ccc1OCC(=O)Nc1cccc(NC(=O)CN(C)C)c1. The van der Waals surface area contributed by atoms with Crippen molar-refractivity contribution in [3.63, 3.8) is 0 Å². The van der Waals surface area contributed by atoms with E-state index >= 15 is 0 Å². The Balaban J connectivity index is 1.90. The molecule has 0 heterocycles. The number of carbonyl (C=O) groups is 2. The second-order valence-corrected chi connectivity index (χ2v) is 6.55. The van der Waals surface area contributed by atoms with Gasteiger partial charge in [0.2, 0.25) is 5.91 Å².